The van der Waals surface area contributed by atoms with Crippen LogP contribution in [0.5, 0.6) is 0 Å². The van der Waals surface area contributed by atoms with Gasteiger partial charge in [-0.2, -0.15) is 0 Å². The average Bonchev–Trinajstić information content (AvgIpc) is 2.37. The van der Waals surface area contributed by atoms with Crippen LogP contribution in [0.2, 0.25) is 0 Å². The molecule has 0 radical (unpaired) electrons. The number of nitrogens with one attached hydrogen (secondary N) is 1. The Morgan fingerprint density at radius 2 is 2.16 bits per heavy atom. The van der Waals surface area contributed by atoms with E-state index in [1.54, 1.807) is 0 Å². The van der Waals surface area contributed by atoms with E-state index in [2.05, 4.69) is 12.2 Å². The third-order valence-corrected chi connectivity index (χ3v) is 5.09. The zero-order valence-corrected chi connectivity index (χ0v) is 13.3. The van der Waals surface area contributed by atoms with Crippen LogP contribution in [0.25, 0.3) is 0 Å². The Hall–Kier alpha value is -0.640. The summed E-state index contributed by atoms with van der Waals surface area (Å²) in [6, 6.07) is 0. The number of carbonyl (C=O) groups excluding carboxylic acids is 1. The first-order valence-electron chi connectivity index (χ1n) is 7.48. The fraction of sp³-hybridized carbons (Fsp3) is 0.867. The second kappa shape index (κ2) is 7.22. The summed E-state index contributed by atoms with van der Waals surface area (Å²) in [5.74, 6) is 1.58. The Bertz CT molecular complexity index is 332. The minimum Gasteiger partial charge on any atom is -0.392 e. The molecular formula is C15H28N2OS. The summed E-state index contributed by atoms with van der Waals surface area (Å²) in [4.78, 5) is 12.5. The molecule has 3 atom stereocenters. The van der Waals surface area contributed by atoms with Gasteiger partial charge in [0, 0.05) is 6.54 Å². The molecule has 1 amide bonds. The van der Waals surface area contributed by atoms with E-state index in [0.717, 1.165) is 24.8 Å². The van der Waals surface area contributed by atoms with Crippen LogP contribution in [-0.2, 0) is 4.79 Å². The molecule has 1 aliphatic rings. The van der Waals surface area contributed by atoms with Gasteiger partial charge in [0.15, 0.2) is 0 Å². The van der Waals surface area contributed by atoms with Gasteiger partial charge in [-0.25, -0.2) is 0 Å². The third-order valence-electron chi connectivity index (χ3n) is 4.64. The number of hydrogen-bond donors (Lipinski definition) is 2. The molecular weight excluding hydrogens is 256 g/mol. The summed E-state index contributed by atoms with van der Waals surface area (Å²) in [6.45, 7) is 6.84. The summed E-state index contributed by atoms with van der Waals surface area (Å²) >= 11 is 5.01. The van der Waals surface area contributed by atoms with Crippen LogP contribution in [0.1, 0.15) is 59.3 Å². The SMILES string of the molecule is CCC(C)(C(=O)NCCC1CCCC(C)C1)C(N)=S. The molecule has 1 saturated carbocycles. The van der Waals surface area contributed by atoms with Crippen molar-refractivity contribution in [2.24, 2.45) is 23.0 Å². The highest BCUT2D eigenvalue weighted by molar-refractivity contribution is 7.80. The van der Waals surface area contributed by atoms with Gasteiger partial charge >= 0.3 is 0 Å². The van der Waals surface area contributed by atoms with E-state index >= 15 is 0 Å². The predicted octanol–water partition coefficient (Wildman–Crippen LogP) is 3.02. The number of amides is 1. The molecule has 19 heavy (non-hydrogen) atoms. The molecule has 1 aliphatic carbocycles. The van der Waals surface area contributed by atoms with Crippen LogP contribution >= 0.6 is 12.2 Å². The highest BCUT2D eigenvalue weighted by atomic mass is 32.1. The van der Waals surface area contributed by atoms with Gasteiger partial charge in [0.2, 0.25) is 5.91 Å². The van der Waals surface area contributed by atoms with Crippen LogP contribution in [0.3, 0.4) is 0 Å². The summed E-state index contributed by atoms with van der Waals surface area (Å²) in [7, 11) is 0. The highest BCUT2D eigenvalue weighted by Crippen LogP contribution is 2.30. The Balaban J connectivity index is 2.36. The second-order valence-electron chi connectivity index (χ2n) is 6.23. The molecule has 0 spiro atoms. The second-order valence-corrected chi connectivity index (χ2v) is 6.67. The number of thiocarbonyl (C=S) groups is 1. The van der Waals surface area contributed by atoms with Gasteiger partial charge in [0.25, 0.3) is 0 Å². The maximum absolute atomic E-state index is 12.2. The van der Waals surface area contributed by atoms with Crippen molar-refractivity contribution in [1.82, 2.24) is 5.32 Å². The first kappa shape index (κ1) is 16.4. The van der Waals surface area contributed by atoms with E-state index in [1.165, 1.54) is 25.7 Å². The molecule has 0 aromatic heterocycles. The van der Waals surface area contributed by atoms with Gasteiger partial charge in [0.05, 0.1) is 10.4 Å². The largest absolute Gasteiger partial charge is 0.392 e. The van der Waals surface area contributed by atoms with E-state index in [9.17, 15) is 4.79 Å². The summed E-state index contributed by atoms with van der Waals surface area (Å²) in [5, 5.41) is 3.01. The smallest absolute Gasteiger partial charge is 0.232 e. The van der Waals surface area contributed by atoms with Gasteiger partial charge in [-0.3, -0.25) is 4.79 Å². The van der Waals surface area contributed by atoms with Crippen LogP contribution in [0.4, 0.5) is 0 Å². The minimum atomic E-state index is -0.699. The first-order valence-corrected chi connectivity index (χ1v) is 7.89. The van der Waals surface area contributed by atoms with Crippen molar-refractivity contribution >= 4 is 23.1 Å². The van der Waals surface area contributed by atoms with Crippen LogP contribution in [0, 0.1) is 17.3 Å². The number of hydrogen-bond acceptors (Lipinski definition) is 2. The molecule has 110 valence electrons. The Labute approximate surface area is 122 Å². The lowest BCUT2D eigenvalue weighted by atomic mass is 9.81. The van der Waals surface area contributed by atoms with Crippen molar-refractivity contribution in [2.45, 2.75) is 59.3 Å². The minimum absolute atomic E-state index is 0.0219. The monoisotopic (exact) mass is 284 g/mol. The molecule has 4 heteroatoms. The molecule has 0 bridgehead atoms. The van der Waals surface area contributed by atoms with E-state index in [1.807, 2.05) is 13.8 Å². The molecule has 0 aromatic rings. The fourth-order valence-electron chi connectivity index (χ4n) is 2.85. The molecule has 3 N–H and O–H groups in total. The highest BCUT2D eigenvalue weighted by Gasteiger charge is 2.34. The summed E-state index contributed by atoms with van der Waals surface area (Å²) in [5.41, 5.74) is 4.99. The summed E-state index contributed by atoms with van der Waals surface area (Å²) < 4.78 is 0. The summed E-state index contributed by atoms with van der Waals surface area (Å²) in [6.07, 6.45) is 7.02. The van der Waals surface area contributed by atoms with Crippen LogP contribution in [-0.4, -0.2) is 17.4 Å². The van der Waals surface area contributed by atoms with Gasteiger partial charge in [-0.05, 0) is 38.0 Å². The zero-order valence-electron chi connectivity index (χ0n) is 12.5. The quantitative estimate of drug-likeness (QED) is 0.737. The van der Waals surface area contributed by atoms with Crippen molar-refractivity contribution in [3.63, 3.8) is 0 Å². The number of carbonyl (C=O) groups is 1. The van der Waals surface area contributed by atoms with E-state index < -0.39 is 5.41 Å². The van der Waals surface area contributed by atoms with Crippen molar-refractivity contribution in [2.75, 3.05) is 6.54 Å². The Morgan fingerprint density at radius 1 is 1.47 bits per heavy atom. The van der Waals surface area contributed by atoms with Crippen LogP contribution in [0.15, 0.2) is 0 Å². The predicted molar refractivity (Wildman–Crippen MR) is 83.9 cm³/mol. The molecule has 3 unspecified atom stereocenters. The van der Waals surface area contributed by atoms with E-state index in [-0.39, 0.29) is 5.91 Å². The van der Waals surface area contributed by atoms with Crippen LogP contribution < -0.4 is 11.1 Å². The normalized spacial score (nSPS) is 26.5. The van der Waals surface area contributed by atoms with Crippen molar-refractivity contribution in [3.8, 4) is 0 Å². The molecule has 3 nitrogen and oxygen atoms in total. The van der Waals surface area contributed by atoms with E-state index in [4.69, 9.17) is 18.0 Å². The van der Waals surface area contributed by atoms with Crippen molar-refractivity contribution in [1.29, 1.82) is 0 Å². The van der Waals surface area contributed by atoms with E-state index in [0.29, 0.717) is 11.4 Å². The average molecular weight is 284 g/mol. The molecule has 0 aliphatic heterocycles. The third kappa shape index (κ3) is 4.44. The fourth-order valence-corrected chi connectivity index (χ4v) is 3.09. The molecule has 0 heterocycles. The van der Waals surface area contributed by atoms with Gasteiger partial charge in [0.1, 0.15) is 0 Å². The first-order chi connectivity index (χ1) is 8.90. The Morgan fingerprint density at radius 3 is 2.68 bits per heavy atom. The molecule has 1 fully saturated rings. The number of rotatable bonds is 6. The van der Waals surface area contributed by atoms with Crippen molar-refractivity contribution < 1.29 is 4.79 Å². The number of nitrogens with two attached hydrogens (primary N) is 1. The maximum Gasteiger partial charge on any atom is 0.232 e. The lowest BCUT2D eigenvalue weighted by Crippen LogP contribution is -2.47. The van der Waals surface area contributed by atoms with Crippen molar-refractivity contribution in [3.05, 3.63) is 0 Å². The lowest BCUT2D eigenvalue weighted by Gasteiger charge is -2.28. The topological polar surface area (TPSA) is 55.1 Å². The lowest BCUT2D eigenvalue weighted by molar-refractivity contribution is -0.127. The molecule has 0 aromatic carbocycles. The van der Waals surface area contributed by atoms with Gasteiger partial charge < -0.3 is 11.1 Å². The zero-order chi connectivity index (χ0) is 14.5. The maximum atomic E-state index is 12.2. The Kier molecular flexibility index (Phi) is 6.24. The van der Waals surface area contributed by atoms with Gasteiger partial charge in [-0.1, -0.05) is 45.3 Å². The standard InChI is InChI=1S/C15H28N2OS/c1-4-15(3,13(16)19)14(18)17-9-8-12-7-5-6-11(2)10-12/h11-12H,4-10H2,1-3H3,(H2,16,19)(H,17,18). The molecule has 1 rings (SSSR count). The molecule has 0 saturated heterocycles. The van der Waals surface area contributed by atoms with Gasteiger partial charge in [-0.15, -0.1) is 0 Å².